The largest absolute Gasteiger partial charge is 0.365 e. The normalized spacial score (nSPS) is 21.7. The lowest BCUT2D eigenvalue weighted by molar-refractivity contribution is 0.312. The molecule has 0 spiro atoms. The zero-order chi connectivity index (χ0) is 20.3. The summed E-state index contributed by atoms with van der Waals surface area (Å²) in [5.41, 5.74) is 3.33. The number of hydrogen-bond acceptors (Lipinski definition) is 6. The number of likely N-dealkylation sites (N-methyl/N-ethyl adjacent to an activating group) is 1. The molecule has 2 heterocycles. The van der Waals surface area contributed by atoms with Crippen LogP contribution in [0.25, 0.3) is 0 Å². The molecule has 0 atom stereocenters. The van der Waals surface area contributed by atoms with Gasteiger partial charge in [0.1, 0.15) is 17.5 Å². The van der Waals surface area contributed by atoms with Crippen molar-refractivity contribution >= 4 is 11.5 Å². The van der Waals surface area contributed by atoms with Crippen LogP contribution < -0.4 is 4.90 Å². The molecule has 0 bridgehead atoms. The summed E-state index contributed by atoms with van der Waals surface area (Å²) in [4.78, 5) is 20.2. The number of anilines is 1. The molecule has 0 radical (unpaired) electrons. The highest BCUT2D eigenvalue weighted by Crippen LogP contribution is 2.30. The highest BCUT2D eigenvalue weighted by molar-refractivity contribution is 6.12. The summed E-state index contributed by atoms with van der Waals surface area (Å²) in [5.74, 6) is 1.61. The number of allylic oxidation sites excluding steroid dienone is 3. The van der Waals surface area contributed by atoms with Gasteiger partial charge in [-0.15, -0.1) is 0 Å². The van der Waals surface area contributed by atoms with Crippen LogP contribution >= 0.6 is 0 Å². The van der Waals surface area contributed by atoms with Gasteiger partial charge in [0.2, 0.25) is 0 Å². The Morgan fingerprint density at radius 2 is 1.93 bits per heavy atom. The molecule has 0 unspecified atom stereocenters. The molecule has 1 aliphatic carbocycles. The van der Waals surface area contributed by atoms with Crippen LogP contribution in [0.1, 0.15) is 31.3 Å². The maximum absolute atomic E-state index is 14.7. The van der Waals surface area contributed by atoms with E-state index in [4.69, 9.17) is 0 Å². The fraction of sp³-hybridized carbons (Fsp3) is 0.571. The van der Waals surface area contributed by atoms with Crippen LogP contribution in [0.3, 0.4) is 0 Å². The molecule has 2 aliphatic rings. The van der Waals surface area contributed by atoms with Crippen LogP contribution in [-0.4, -0.2) is 72.8 Å². The Morgan fingerprint density at radius 3 is 2.57 bits per heavy atom. The number of rotatable bonds is 4. The SMILES string of the molecule is C/C=C1/CCC(F)=C(N(C)Cc2cc(N3CCN(C)CC3)nc(C)n2)/C1=N/C. The molecule has 7 heteroatoms. The summed E-state index contributed by atoms with van der Waals surface area (Å²) in [6.45, 7) is 8.39. The van der Waals surface area contributed by atoms with Crippen LogP contribution in [0.15, 0.2) is 34.2 Å². The van der Waals surface area contributed by atoms with Gasteiger partial charge in [0.15, 0.2) is 0 Å². The third kappa shape index (κ3) is 4.41. The first-order valence-corrected chi connectivity index (χ1v) is 9.93. The van der Waals surface area contributed by atoms with E-state index >= 15 is 0 Å². The summed E-state index contributed by atoms with van der Waals surface area (Å²) >= 11 is 0. The lowest BCUT2D eigenvalue weighted by atomic mass is 9.94. The lowest BCUT2D eigenvalue weighted by Gasteiger charge is -2.33. The zero-order valence-electron chi connectivity index (χ0n) is 17.7. The third-order valence-corrected chi connectivity index (χ3v) is 5.46. The first kappa shape index (κ1) is 20.5. The van der Waals surface area contributed by atoms with E-state index in [0.29, 0.717) is 25.1 Å². The summed E-state index contributed by atoms with van der Waals surface area (Å²) in [7, 11) is 5.78. The topological polar surface area (TPSA) is 47.9 Å². The minimum absolute atomic E-state index is 0.0984. The van der Waals surface area contributed by atoms with E-state index < -0.39 is 0 Å². The van der Waals surface area contributed by atoms with Gasteiger partial charge < -0.3 is 14.7 Å². The second-order valence-electron chi connectivity index (χ2n) is 7.55. The Hall–Kier alpha value is -2.28. The lowest BCUT2D eigenvalue weighted by Crippen LogP contribution is -2.45. The van der Waals surface area contributed by atoms with Crippen LogP contribution in [-0.2, 0) is 6.54 Å². The molecule has 28 heavy (non-hydrogen) atoms. The third-order valence-electron chi connectivity index (χ3n) is 5.46. The maximum Gasteiger partial charge on any atom is 0.132 e. The molecule has 1 aromatic heterocycles. The first-order valence-electron chi connectivity index (χ1n) is 9.93. The Labute approximate surface area is 167 Å². The van der Waals surface area contributed by atoms with Gasteiger partial charge in [-0.3, -0.25) is 4.99 Å². The molecule has 1 saturated heterocycles. The maximum atomic E-state index is 14.7. The average molecular weight is 387 g/mol. The van der Waals surface area contributed by atoms with E-state index in [2.05, 4.69) is 31.8 Å². The first-order chi connectivity index (χ1) is 13.4. The van der Waals surface area contributed by atoms with Crippen molar-refractivity contribution in [2.24, 2.45) is 4.99 Å². The minimum atomic E-state index is -0.0984. The Kier molecular flexibility index (Phi) is 6.44. The van der Waals surface area contributed by atoms with Crippen molar-refractivity contribution in [1.82, 2.24) is 19.8 Å². The standard InChI is InChI=1S/C21H31FN6/c1-6-16-7-8-18(22)21(20(16)23-3)27(5)14-17-13-19(25-15(2)24-17)28-11-9-26(4)10-12-28/h6,13H,7-12,14H2,1-5H3/b16-6-,23-20+. The molecule has 0 N–H and O–H groups in total. The van der Waals surface area contributed by atoms with Gasteiger partial charge in [-0.1, -0.05) is 6.08 Å². The van der Waals surface area contributed by atoms with Gasteiger partial charge in [-0.05, 0) is 32.9 Å². The van der Waals surface area contributed by atoms with Gasteiger partial charge in [0, 0.05) is 52.8 Å². The van der Waals surface area contributed by atoms with Crippen LogP contribution in [0.5, 0.6) is 0 Å². The van der Waals surface area contributed by atoms with Crippen molar-refractivity contribution < 1.29 is 4.39 Å². The quantitative estimate of drug-likeness (QED) is 0.796. The Balaban J connectivity index is 1.83. The molecule has 1 fully saturated rings. The van der Waals surface area contributed by atoms with E-state index in [1.807, 2.05) is 37.9 Å². The number of hydrogen-bond donors (Lipinski definition) is 0. The van der Waals surface area contributed by atoms with Crippen molar-refractivity contribution in [3.05, 3.63) is 40.8 Å². The fourth-order valence-electron chi connectivity index (χ4n) is 3.89. The molecule has 1 aliphatic heterocycles. The molecule has 0 amide bonds. The average Bonchev–Trinajstić information content (AvgIpc) is 2.67. The molecule has 3 rings (SSSR count). The predicted molar refractivity (Wildman–Crippen MR) is 112 cm³/mol. The summed E-state index contributed by atoms with van der Waals surface area (Å²) < 4.78 is 14.7. The molecular weight excluding hydrogens is 355 g/mol. The minimum Gasteiger partial charge on any atom is -0.365 e. The number of aliphatic imine (C=N–C) groups is 1. The molecule has 152 valence electrons. The summed E-state index contributed by atoms with van der Waals surface area (Å²) in [5, 5.41) is 0. The van der Waals surface area contributed by atoms with Crippen molar-refractivity contribution in [3.63, 3.8) is 0 Å². The summed E-state index contributed by atoms with van der Waals surface area (Å²) in [6, 6.07) is 2.04. The zero-order valence-corrected chi connectivity index (χ0v) is 17.7. The molecule has 0 saturated carbocycles. The Bertz CT molecular complexity index is 805. The number of halogens is 1. The van der Waals surface area contributed by atoms with Crippen LogP contribution in [0, 0.1) is 6.92 Å². The monoisotopic (exact) mass is 386 g/mol. The van der Waals surface area contributed by atoms with Crippen LogP contribution in [0.4, 0.5) is 10.2 Å². The highest BCUT2D eigenvalue weighted by atomic mass is 19.1. The number of nitrogens with zero attached hydrogens (tertiary/aromatic N) is 6. The van der Waals surface area contributed by atoms with Crippen LogP contribution in [0.2, 0.25) is 0 Å². The van der Waals surface area contributed by atoms with Gasteiger partial charge in [0.05, 0.1) is 23.6 Å². The fourth-order valence-corrected chi connectivity index (χ4v) is 3.89. The van der Waals surface area contributed by atoms with E-state index in [-0.39, 0.29) is 5.83 Å². The van der Waals surface area contributed by atoms with Crippen molar-refractivity contribution in [1.29, 1.82) is 0 Å². The molecule has 1 aromatic rings. The Morgan fingerprint density at radius 1 is 1.21 bits per heavy atom. The molecule has 6 nitrogen and oxygen atoms in total. The van der Waals surface area contributed by atoms with E-state index in [1.54, 1.807) is 7.05 Å². The predicted octanol–water partition coefficient (Wildman–Crippen LogP) is 2.96. The second kappa shape index (κ2) is 8.82. The number of piperazine rings is 1. The smallest absolute Gasteiger partial charge is 0.132 e. The van der Waals surface area contributed by atoms with E-state index in [9.17, 15) is 4.39 Å². The van der Waals surface area contributed by atoms with Gasteiger partial charge in [-0.25, -0.2) is 14.4 Å². The number of aryl methyl sites for hydroxylation is 1. The molecular formula is C21H31FN6. The molecule has 0 aromatic carbocycles. The van der Waals surface area contributed by atoms with E-state index in [0.717, 1.165) is 54.8 Å². The van der Waals surface area contributed by atoms with Crippen molar-refractivity contribution in [3.8, 4) is 0 Å². The van der Waals surface area contributed by atoms with Crippen molar-refractivity contribution in [2.75, 3.05) is 52.2 Å². The van der Waals surface area contributed by atoms with Gasteiger partial charge in [-0.2, -0.15) is 0 Å². The second-order valence-corrected chi connectivity index (χ2v) is 7.55. The summed E-state index contributed by atoms with van der Waals surface area (Å²) in [6.07, 6.45) is 3.16. The van der Waals surface area contributed by atoms with Gasteiger partial charge in [0.25, 0.3) is 0 Å². The van der Waals surface area contributed by atoms with Gasteiger partial charge >= 0.3 is 0 Å². The number of aromatic nitrogens is 2. The van der Waals surface area contributed by atoms with Crippen molar-refractivity contribution in [2.45, 2.75) is 33.2 Å². The van der Waals surface area contributed by atoms with E-state index in [1.165, 1.54) is 0 Å². The highest BCUT2D eigenvalue weighted by Gasteiger charge is 2.26.